The molecule has 2 saturated heterocycles. The zero-order valence-corrected chi connectivity index (χ0v) is 19.1. The van der Waals surface area contributed by atoms with Crippen molar-refractivity contribution < 1.29 is 27.2 Å². The SMILES string of the molecule is CCC(=O)Nc1c(C)noc1C=Cc1ccc(S(=O)(=O)N2CCC3(CC2)OCCO3)s1. The van der Waals surface area contributed by atoms with Gasteiger partial charge in [-0.25, -0.2) is 8.42 Å². The molecule has 2 aromatic rings. The fourth-order valence-corrected chi connectivity index (χ4v) is 6.41. The second-order valence-corrected chi connectivity index (χ2v) is 10.7. The van der Waals surface area contributed by atoms with Gasteiger partial charge in [0.15, 0.2) is 11.5 Å². The summed E-state index contributed by atoms with van der Waals surface area (Å²) in [5.74, 6) is -0.340. The molecule has 31 heavy (non-hydrogen) atoms. The van der Waals surface area contributed by atoms with E-state index in [0.29, 0.717) is 62.7 Å². The van der Waals surface area contributed by atoms with E-state index in [1.54, 1.807) is 38.1 Å². The molecule has 4 rings (SSSR count). The van der Waals surface area contributed by atoms with E-state index in [4.69, 9.17) is 14.0 Å². The van der Waals surface area contributed by atoms with Crippen molar-refractivity contribution in [3.8, 4) is 0 Å². The highest BCUT2D eigenvalue weighted by Gasteiger charge is 2.42. The highest BCUT2D eigenvalue weighted by Crippen LogP contribution is 2.35. The van der Waals surface area contributed by atoms with Crippen molar-refractivity contribution in [3.05, 3.63) is 28.5 Å². The maximum Gasteiger partial charge on any atom is 0.252 e. The van der Waals surface area contributed by atoms with Gasteiger partial charge in [0.05, 0.1) is 13.2 Å². The number of carbonyl (C=O) groups excluding carboxylic acids is 1. The van der Waals surface area contributed by atoms with Gasteiger partial charge in [-0.05, 0) is 31.2 Å². The monoisotopic (exact) mass is 467 g/mol. The highest BCUT2D eigenvalue weighted by atomic mass is 32.2. The van der Waals surface area contributed by atoms with Crippen molar-refractivity contribution in [1.29, 1.82) is 0 Å². The van der Waals surface area contributed by atoms with Crippen molar-refractivity contribution in [2.45, 2.75) is 43.1 Å². The van der Waals surface area contributed by atoms with Crippen LogP contribution in [-0.4, -0.2) is 55.9 Å². The zero-order chi connectivity index (χ0) is 22.1. The summed E-state index contributed by atoms with van der Waals surface area (Å²) >= 11 is 1.18. The molecule has 168 valence electrons. The highest BCUT2D eigenvalue weighted by molar-refractivity contribution is 7.91. The second-order valence-electron chi connectivity index (χ2n) is 7.41. The quantitative estimate of drug-likeness (QED) is 0.695. The van der Waals surface area contributed by atoms with Crippen LogP contribution in [-0.2, 0) is 24.3 Å². The summed E-state index contributed by atoms with van der Waals surface area (Å²) in [6.07, 6.45) is 4.82. The fraction of sp³-hybridized carbons (Fsp3) is 0.500. The first-order chi connectivity index (χ1) is 14.8. The molecule has 0 unspecified atom stereocenters. The molecule has 0 aliphatic carbocycles. The summed E-state index contributed by atoms with van der Waals surface area (Å²) in [6.45, 7) is 5.35. The molecule has 0 saturated carbocycles. The van der Waals surface area contributed by atoms with Crippen LogP contribution < -0.4 is 5.32 Å². The molecule has 2 aromatic heterocycles. The average Bonchev–Trinajstić information content (AvgIpc) is 3.49. The van der Waals surface area contributed by atoms with Crippen molar-refractivity contribution in [2.24, 2.45) is 0 Å². The van der Waals surface area contributed by atoms with Crippen LogP contribution in [0.25, 0.3) is 12.2 Å². The van der Waals surface area contributed by atoms with Crippen LogP contribution in [0.3, 0.4) is 0 Å². The van der Waals surface area contributed by atoms with Crippen LogP contribution in [0.2, 0.25) is 0 Å². The number of hydrogen-bond acceptors (Lipinski definition) is 8. The minimum atomic E-state index is -3.58. The molecule has 1 spiro atoms. The minimum absolute atomic E-state index is 0.137. The van der Waals surface area contributed by atoms with E-state index in [9.17, 15) is 13.2 Å². The van der Waals surface area contributed by atoms with Crippen molar-refractivity contribution in [3.63, 3.8) is 0 Å². The first-order valence-corrected chi connectivity index (χ1v) is 12.4. The molecule has 0 radical (unpaired) electrons. The third-order valence-corrected chi connectivity index (χ3v) is 8.78. The molecular formula is C20H25N3O6S2. The number of rotatable bonds is 6. The van der Waals surface area contributed by atoms with Gasteiger partial charge in [0.1, 0.15) is 15.6 Å². The van der Waals surface area contributed by atoms with E-state index in [0.717, 1.165) is 4.88 Å². The Bertz CT molecular complexity index is 1070. The molecule has 1 N–H and O–H groups in total. The van der Waals surface area contributed by atoms with E-state index >= 15 is 0 Å². The van der Waals surface area contributed by atoms with Gasteiger partial charge in [0.25, 0.3) is 10.0 Å². The Morgan fingerprint density at radius 3 is 2.65 bits per heavy atom. The number of amides is 1. The molecule has 2 aliphatic rings. The number of aryl methyl sites for hydroxylation is 1. The van der Waals surface area contributed by atoms with Crippen LogP contribution in [0.5, 0.6) is 0 Å². The number of piperidine rings is 1. The Morgan fingerprint density at radius 2 is 1.97 bits per heavy atom. The molecule has 2 aliphatic heterocycles. The molecule has 0 atom stereocenters. The Labute approximate surface area is 185 Å². The number of ether oxygens (including phenoxy) is 2. The number of anilines is 1. The van der Waals surface area contributed by atoms with Crippen molar-refractivity contribution >= 4 is 45.1 Å². The number of hydrogen-bond donors (Lipinski definition) is 1. The lowest BCUT2D eigenvalue weighted by Gasteiger charge is -2.36. The maximum atomic E-state index is 13.0. The van der Waals surface area contributed by atoms with Gasteiger partial charge in [-0.3, -0.25) is 4.79 Å². The smallest absolute Gasteiger partial charge is 0.252 e. The number of aromatic nitrogens is 1. The van der Waals surface area contributed by atoms with Gasteiger partial charge in [-0.2, -0.15) is 4.31 Å². The Hall–Kier alpha value is -2.05. The van der Waals surface area contributed by atoms with Crippen molar-refractivity contribution in [2.75, 3.05) is 31.6 Å². The molecule has 0 bridgehead atoms. The summed E-state index contributed by atoms with van der Waals surface area (Å²) < 4.78 is 44.5. The zero-order valence-electron chi connectivity index (χ0n) is 17.4. The number of sulfonamides is 1. The van der Waals surface area contributed by atoms with Gasteiger partial charge < -0.3 is 19.3 Å². The Balaban J connectivity index is 1.45. The van der Waals surface area contributed by atoms with Crippen LogP contribution >= 0.6 is 11.3 Å². The number of nitrogens with zero attached hydrogens (tertiary/aromatic N) is 2. The summed E-state index contributed by atoms with van der Waals surface area (Å²) in [4.78, 5) is 12.5. The van der Waals surface area contributed by atoms with Crippen LogP contribution in [0.4, 0.5) is 5.69 Å². The van der Waals surface area contributed by atoms with Gasteiger partial charge in [0, 0.05) is 37.2 Å². The predicted octanol–water partition coefficient (Wildman–Crippen LogP) is 3.09. The number of nitrogens with one attached hydrogen (secondary N) is 1. The van der Waals surface area contributed by atoms with Gasteiger partial charge in [-0.1, -0.05) is 12.1 Å². The van der Waals surface area contributed by atoms with E-state index in [-0.39, 0.29) is 10.1 Å². The molecule has 11 heteroatoms. The first-order valence-electron chi connectivity index (χ1n) is 10.1. The third kappa shape index (κ3) is 4.60. The van der Waals surface area contributed by atoms with Crippen LogP contribution in [0, 0.1) is 6.92 Å². The molecular weight excluding hydrogens is 442 g/mol. The number of thiophene rings is 1. The van der Waals surface area contributed by atoms with Crippen molar-refractivity contribution in [1.82, 2.24) is 9.46 Å². The summed E-state index contributed by atoms with van der Waals surface area (Å²) in [6, 6.07) is 3.36. The molecule has 4 heterocycles. The normalized spacial score (nSPS) is 19.4. The van der Waals surface area contributed by atoms with Crippen LogP contribution in [0.1, 0.15) is 42.5 Å². The van der Waals surface area contributed by atoms with Crippen LogP contribution in [0.15, 0.2) is 20.9 Å². The second kappa shape index (κ2) is 8.83. The van der Waals surface area contributed by atoms with E-state index in [1.807, 2.05) is 0 Å². The molecule has 0 aromatic carbocycles. The minimum Gasteiger partial charge on any atom is -0.354 e. The third-order valence-electron chi connectivity index (χ3n) is 5.37. The standard InChI is InChI=1S/C20H25N3O6S2/c1-3-17(24)21-19-14(2)22-29-16(19)6-4-15-5-7-18(30-15)31(25,26)23-10-8-20(9-11-23)27-12-13-28-20/h4-7H,3,8-13H2,1-2H3,(H,21,24). The van der Waals surface area contributed by atoms with E-state index < -0.39 is 15.8 Å². The predicted molar refractivity (Wildman–Crippen MR) is 116 cm³/mol. The lowest BCUT2D eigenvalue weighted by atomic mass is 10.1. The van der Waals surface area contributed by atoms with E-state index in [2.05, 4.69) is 10.5 Å². The lowest BCUT2D eigenvalue weighted by Crippen LogP contribution is -2.47. The first kappa shape index (κ1) is 22.2. The summed E-state index contributed by atoms with van der Waals surface area (Å²) in [5, 5.41) is 6.66. The van der Waals surface area contributed by atoms with Gasteiger partial charge in [-0.15, -0.1) is 11.3 Å². The average molecular weight is 468 g/mol. The van der Waals surface area contributed by atoms with E-state index in [1.165, 1.54) is 15.6 Å². The Morgan fingerprint density at radius 1 is 1.26 bits per heavy atom. The maximum absolute atomic E-state index is 13.0. The van der Waals surface area contributed by atoms with Gasteiger partial charge >= 0.3 is 0 Å². The lowest BCUT2D eigenvalue weighted by molar-refractivity contribution is -0.179. The Kier molecular flexibility index (Phi) is 6.31. The molecule has 2 fully saturated rings. The largest absolute Gasteiger partial charge is 0.354 e. The fourth-order valence-electron chi connectivity index (χ4n) is 3.58. The summed E-state index contributed by atoms with van der Waals surface area (Å²) in [5.41, 5.74) is 1.10. The number of carbonyl (C=O) groups is 1. The summed E-state index contributed by atoms with van der Waals surface area (Å²) in [7, 11) is -3.58. The molecule has 1 amide bonds. The topological polar surface area (TPSA) is 111 Å². The molecule has 9 nitrogen and oxygen atoms in total. The van der Waals surface area contributed by atoms with Gasteiger partial charge in [0.2, 0.25) is 5.91 Å².